The van der Waals surface area contributed by atoms with Crippen LogP contribution in [-0.2, 0) is 15.0 Å². The van der Waals surface area contributed by atoms with Crippen molar-refractivity contribution in [1.82, 2.24) is 10.3 Å². The van der Waals surface area contributed by atoms with Crippen LogP contribution in [0.2, 0.25) is 0 Å². The van der Waals surface area contributed by atoms with E-state index in [9.17, 15) is 0 Å². The highest BCUT2D eigenvalue weighted by Crippen LogP contribution is 2.29. The highest BCUT2D eigenvalue weighted by molar-refractivity contribution is 7.09. The van der Waals surface area contributed by atoms with Crippen LogP contribution in [0.3, 0.4) is 0 Å². The van der Waals surface area contributed by atoms with Crippen LogP contribution in [0.1, 0.15) is 43.8 Å². The van der Waals surface area contributed by atoms with Gasteiger partial charge in [-0.1, -0.05) is 13.8 Å². The summed E-state index contributed by atoms with van der Waals surface area (Å²) in [6.07, 6.45) is 0.901. The summed E-state index contributed by atoms with van der Waals surface area (Å²) in [5, 5.41) is 6.83. The quantitative estimate of drug-likeness (QED) is 0.709. The summed E-state index contributed by atoms with van der Waals surface area (Å²) in [5.74, 6) is 0.468. The van der Waals surface area contributed by atoms with Crippen LogP contribution in [0.5, 0.6) is 0 Å². The van der Waals surface area contributed by atoms with Crippen LogP contribution in [0.4, 0.5) is 0 Å². The van der Waals surface area contributed by atoms with E-state index in [2.05, 4.69) is 31.5 Å². The summed E-state index contributed by atoms with van der Waals surface area (Å²) >= 11 is 1.72. The Kier molecular flexibility index (Phi) is 6.93. The molecular weight excluding hydrogens is 260 g/mol. The third-order valence-electron chi connectivity index (χ3n) is 3.21. The van der Waals surface area contributed by atoms with Crippen molar-refractivity contribution in [2.24, 2.45) is 0 Å². The second kappa shape index (κ2) is 7.94. The first kappa shape index (κ1) is 16.6. The van der Waals surface area contributed by atoms with Gasteiger partial charge in [-0.25, -0.2) is 4.98 Å². The normalized spacial score (nSPS) is 14.8. The summed E-state index contributed by atoms with van der Waals surface area (Å²) in [6.45, 7) is 8.75. The van der Waals surface area contributed by atoms with Gasteiger partial charge in [0.15, 0.2) is 0 Å². The Bertz CT molecular complexity index is 368. The number of aromatic nitrogens is 1. The molecule has 1 aromatic heterocycles. The molecule has 0 aliphatic rings. The van der Waals surface area contributed by atoms with Gasteiger partial charge >= 0.3 is 0 Å². The smallest absolute Gasteiger partial charge is 0.113 e. The molecule has 0 aliphatic carbocycles. The van der Waals surface area contributed by atoms with Crippen molar-refractivity contribution < 1.29 is 9.47 Å². The SMILES string of the molecule is COCCNC(C)(CCOC)c1nc(C(C)C)cs1. The predicted molar refractivity (Wildman–Crippen MR) is 79.9 cm³/mol. The van der Waals surface area contributed by atoms with E-state index in [4.69, 9.17) is 14.5 Å². The Morgan fingerprint density at radius 2 is 2.00 bits per heavy atom. The van der Waals surface area contributed by atoms with Crippen LogP contribution in [0.25, 0.3) is 0 Å². The largest absolute Gasteiger partial charge is 0.385 e. The summed E-state index contributed by atoms with van der Waals surface area (Å²) in [7, 11) is 3.45. The predicted octanol–water partition coefficient (Wildman–Crippen LogP) is 2.75. The number of hydrogen-bond acceptors (Lipinski definition) is 5. The van der Waals surface area contributed by atoms with Gasteiger partial charge in [-0.3, -0.25) is 0 Å². The molecule has 0 spiro atoms. The number of ether oxygens (including phenoxy) is 2. The van der Waals surface area contributed by atoms with E-state index in [-0.39, 0.29) is 5.54 Å². The molecule has 0 fully saturated rings. The Morgan fingerprint density at radius 1 is 1.32 bits per heavy atom. The molecule has 0 saturated carbocycles. The number of methoxy groups -OCH3 is 2. The van der Waals surface area contributed by atoms with Crippen molar-refractivity contribution in [3.63, 3.8) is 0 Å². The maximum Gasteiger partial charge on any atom is 0.113 e. The molecule has 1 heterocycles. The Balaban J connectivity index is 2.80. The number of hydrogen-bond donors (Lipinski definition) is 1. The summed E-state index contributed by atoms with van der Waals surface area (Å²) in [4.78, 5) is 4.77. The lowest BCUT2D eigenvalue weighted by Gasteiger charge is -2.28. The highest BCUT2D eigenvalue weighted by atomic mass is 32.1. The van der Waals surface area contributed by atoms with Gasteiger partial charge in [0.25, 0.3) is 0 Å². The molecule has 1 aromatic rings. The number of thiazole rings is 1. The molecule has 0 bridgehead atoms. The molecule has 4 nitrogen and oxygen atoms in total. The topological polar surface area (TPSA) is 43.4 Å². The molecule has 1 unspecified atom stereocenters. The van der Waals surface area contributed by atoms with Gasteiger partial charge in [-0.05, 0) is 19.3 Å². The van der Waals surface area contributed by atoms with E-state index in [0.29, 0.717) is 19.1 Å². The number of nitrogens with zero attached hydrogens (tertiary/aromatic N) is 1. The lowest BCUT2D eigenvalue weighted by molar-refractivity contribution is 0.146. The molecule has 1 atom stereocenters. The minimum Gasteiger partial charge on any atom is -0.385 e. The second-order valence-corrected chi connectivity index (χ2v) is 6.08. The fourth-order valence-corrected chi connectivity index (χ4v) is 2.96. The third-order valence-corrected chi connectivity index (χ3v) is 4.34. The van der Waals surface area contributed by atoms with E-state index in [1.807, 2.05) is 0 Å². The summed E-state index contributed by atoms with van der Waals surface area (Å²) < 4.78 is 10.3. The fourth-order valence-electron chi connectivity index (χ4n) is 1.81. The van der Waals surface area contributed by atoms with Gasteiger partial charge in [0.2, 0.25) is 0 Å². The average molecular weight is 286 g/mol. The van der Waals surface area contributed by atoms with Crippen molar-refractivity contribution in [3.05, 3.63) is 16.1 Å². The van der Waals surface area contributed by atoms with Crippen molar-refractivity contribution in [2.75, 3.05) is 34.0 Å². The van der Waals surface area contributed by atoms with E-state index in [0.717, 1.165) is 23.7 Å². The maximum atomic E-state index is 5.23. The Labute approximate surface area is 120 Å². The van der Waals surface area contributed by atoms with Crippen LogP contribution in [0, 0.1) is 0 Å². The first-order valence-electron chi connectivity index (χ1n) is 6.72. The molecule has 0 saturated heterocycles. The van der Waals surface area contributed by atoms with E-state index >= 15 is 0 Å². The van der Waals surface area contributed by atoms with Crippen LogP contribution in [-0.4, -0.2) is 39.0 Å². The minimum atomic E-state index is -0.146. The highest BCUT2D eigenvalue weighted by Gasteiger charge is 2.29. The van der Waals surface area contributed by atoms with Crippen molar-refractivity contribution in [2.45, 2.75) is 38.6 Å². The van der Waals surface area contributed by atoms with E-state index in [1.165, 1.54) is 0 Å². The minimum absolute atomic E-state index is 0.146. The van der Waals surface area contributed by atoms with Crippen molar-refractivity contribution in [1.29, 1.82) is 0 Å². The first-order chi connectivity index (χ1) is 9.03. The standard InChI is InChI=1S/C14H26N2O2S/c1-11(2)12-10-19-13(16-12)14(3,6-8-17-4)15-7-9-18-5/h10-11,15H,6-9H2,1-5H3. The summed E-state index contributed by atoms with van der Waals surface area (Å²) in [5.41, 5.74) is 1.02. The van der Waals surface area contributed by atoms with E-state index in [1.54, 1.807) is 25.6 Å². The average Bonchev–Trinajstić information content (AvgIpc) is 2.87. The molecule has 19 heavy (non-hydrogen) atoms. The molecule has 0 aliphatic heterocycles. The molecular formula is C14H26N2O2S. The lowest BCUT2D eigenvalue weighted by atomic mass is 9.99. The molecule has 0 radical (unpaired) electrons. The van der Waals surface area contributed by atoms with Crippen molar-refractivity contribution in [3.8, 4) is 0 Å². The van der Waals surface area contributed by atoms with Crippen LogP contribution < -0.4 is 5.32 Å². The van der Waals surface area contributed by atoms with Crippen LogP contribution >= 0.6 is 11.3 Å². The molecule has 0 amide bonds. The zero-order valence-corrected chi connectivity index (χ0v) is 13.5. The van der Waals surface area contributed by atoms with Gasteiger partial charge in [-0.2, -0.15) is 0 Å². The molecule has 110 valence electrons. The molecule has 5 heteroatoms. The Hall–Kier alpha value is -0.490. The van der Waals surface area contributed by atoms with Gasteiger partial charge in [0.1, 0.15) is 5.01 Å². The van der Waals surface area contributed by atoms with Gasteiger partial charge in [0, 0.05) is 32.8 Å². The number of nitrogens with one attached hydrogen (secondary N) is 1. The molecule has 1 rings (SSSR count). The Morgan fingerprint density at radius 3 is 2.53 bits per heavy atom. The first-order valence-corrected chi connectivity index (χ1v) is 7.60. The van der Waals surface area contributed by atoms with Gasteiger partial charge in [-0.15, -0.1) is 11.3 Å². The molecule has 1 N–H and O–H groups in total. The maximum absolute atomic E-state index is 5.23. The zero-order valence-electron chi connectivity index (χ0n) is 12.7. The number of rotatable bonds is 9. The van der Waals surface area contributed by atoms with Crippen LogP contribution in [0.15, 0.2) is 5.38 Å². The lowest BCUT2D eigenvalue weighted by Crippen LogP contribution is -2.42. The third kappa shape index (κ3) is 4.84. The summed E-state index contributed by atoms with van der Waals surface area (Å²) in [6, 6.07) is 0. The zero-order chi connectivity index (χ0) is 14.3. The van der Waals surface area contributed by atoms with Gasteiger partial charge < -0.3 is 14.8 Å². The molecule has 0 aromatic carbocycles. The van der Waals surface area contributed by atoms with Gasteiger partial charge in [0.05, 0.1) is 17.8 Å². The van der Waals surface area contributed by atoms with E-state index < -0.39 is 0 Å². The fraction of sp³-hybridized carbons (Fsp3) is 0.786. The van der Waals surface area contributed by atoms with Crippen molar-refractivity contribution >= 4 is 11.3 Å². The second-order valence-electron chi connectivity index (χ2n) is 5.23. The monoisotopic (exact) mass is 286 g/mol.